The van der Waals surface area contributed by atoms with Crippen molar-refractivity contribution in [3.05, 3.63) is 33.1 Å². The Kier molecular flexibility index (Phi) is 7.55. The molecule has 1 aliphatic rings. The predicted molar refractivity (Wildman–Crippen MR) is 91.6 cm³/mol. The molecule has 1 aliphatic heterocycles. The molecule has 9 heteroatoms. The van der Waals surface area contributed by atoms with Crippen molar-refractivity contribution in [3.63, 3.8) is 0 Å². The van der Waals surface area contributed by atoms with Gasteiger partial charge in [-0.3, -0.25) is 19.1 Å². The highest BCUT2D eigenvalue weighted by molar-refractivity contribution is 5.69. The van der Waals surface area contributed by atoms with E-state index in [0.717, 1.165) is 42.7 Å². The number of nitrogens with zero attached hydrogens (tertiary/aromatic N) is 1. The van der Waals surface area contributed by atoms with Crippen LogP contribution in [0.25, 0.3) is 0 Å². The van der Waals surface area contributed by atoms with Crippen LogP contribution in [0, 0.1) is 0 Å². The maximum atomic E-state index is 11.8. The Morgan fingerprint density at radius 1 is 1.23 bits per heavy atom. The van der Waals surface area contributed by atoms with Gasteiger partial charge in [0, 0.05) is 18.7 Å². The van der Waals surface area contributed by atoms with Gasteiger partial charge in [-0.2, -0.15) is 0 Å². The number of carbonyl (C=O) groups is 1. The number of carbonyl (C=O) groups excluding carboxylic acids is 1. The number of aliphatic hydroxyl groups is 2. The van der Waals surface area contributed by atoms with Gasteiger partial charge < -0.3 is 19.7 Å². The maximum absolute atomic E-state index is 11.8. The van der Waals surface area contributed by atoms with Crippen molar-refractivity contribution >= 4 is 5.97 Å². The molecule has 1 aromatic rings. The van der Waals surface area contributed by atoms with Crippen molar-refractivity contribution in [3.8, 4) is 0 Å². The number of hydrogen-bond donors (Lipinski definition) is 3. The second kappa shape index (κ2) is 9.65. The lowest BCUT2D eigenvalue weighted by Gasteiger charge is -2.16. The van der Waals surface area contributed by atoms with Crippen LogP contribution < -0.4 is 11.2 Å². The first-order valence-corrected chi connectivity index (χ1v) is 8.92. The summed E-state index contributed by atoms with van der Waals surface area (Å²) in [5.41, 5.74) is -1.35. The molecule has 0 saturated carbocycles. The molecule has 0 spiro atoms. The molecule has 1 aromatic heterocycles. The molecular formula is C17H26N2O7. The summed E-state index contributed by atoms with van der Waals surface area (Å²) < 4.78 is 11.5. The fourth-order valence-corrected chi connectivity index (χ4v) is 2.84. The van der Waals surface area contributed by atoms with E-state index in [-0.39, 0.29) is 13.0 Å². The minimum Gasteiger partial charge on any atom is -0.463 e. The fraction of sp³-hybridized carbons (Fsp3) is 0.706. The van der Waals surface area contributed by atoms with Gasteiger partial charge in [0.15, 0.2) is 6.23 Å². The molecule has 0 bridgehead atoms. The van der Waals surface area contributed by atoms with Crippen LogP contribution in [-0.2, 0) is 14.3 Å². The molecule has 0 unspecified atom stereocenters. The van der Waals surface area contributed by atoms with Crippen molar-refractivity contribution in [2.45, 2.75) is 70.0 Å². The van der Waals surface area contributed by atoms with Gasteiger partial charge in [-0.05, 0) is 6.42 Å². The second-order valence-electron chi connectivity index (χ2n) is 6.41. The topological polar surface area (TPSA) is 131 Å². The standard InChI is InChI=1S/C17H26N2O7/c1-2-3-4-5-6-7-13(21)25-10-11-14(22)15(23)16(26-11)19-9-8-12(20)18-17(19)24/h8-9,11,14-16,22-23H,2-7,10H2,1H3,(H,18,20,24)/t11-,14-,15-,16-/m1/s1. The van der Waals surface area contributed by atoms with Gasteiger partial charge in [-0.25, -0.2) is 4.79 Å². The average Bonchev–Trinajstić information content (AvgIpc) is 2.88. The van der Waals surface area contributed by atoms with Gasteiger partial charge in [-0.15, -0.1) is 0 Å². The summed E-state index contributed by atoms with van der Waals surface area (Å²) in [6.45, 7) is 1.89. The predicted octanol–water partition coefficient (Wildman–Crippen LogP) is 0.0595. The van der Waals surface area contributed by atoms with Crippen molar-refractivity contribution in [2.75, 3.05) is 6.61 Å². The number of esters is 1. The molecule has 9 nitrogen and oxygen atoms in total. The summed E-state index contributed by atoms with van der Waals surface area (Å²) in [6, 6.07) is 1.11. The SMILES string of the molecule is CCCCCCCC(=O)OC[C@H]1O[C@@H](n2ccc(=O)[nH]c2=O)[C@H](O)[C@@H]1O. The van der Waals surface area contributed by atoms with Crippen LogP contribution in [0.3, 0.4) is 0 Å². The van der Waals surface area contributed by atoms with Crippen LogP contribution >= 0.6 is 0 Å². The minimum absolute atomic E-state index is 0.222. The van der Waals surface area contributed by atoms with Crippen molar-refractivity contribution in [1.29, 1.82) is 0 Å². The Bertz CT molecular complexity index is 699. The van der Waals surface area contributed by atoms with E-state index in [1.54, 1.807) is 0 Å². The number of rotatable bonds is 9. The Morgan fingerprint density at radius 2 is 1.96 bits per heavy atom. The first-order chi connectivity index (χ1) is 12.4. The van der Waals surface area contributed by atoms with Gasteiger partial charge >= 0.3 is 11.7 Å². The number of H-pyrrole nitrogens is 1. The number of ether oxygens (including phenoxy) is 2. The first kappa shape index (κ1) is 20.3. The largest absolute Gasteiger partial charge is 0.463 e. The molecule has 4 atom stereocenters. The number of aromatic amines is 1. The minimum atomic E-state index is -1.39. The molecule has 146 valence electrons. The third-order valence-corrected chi connectivity index (χ3v) is 4.36. The van der Waals surface area contributed by atoms with E-state index in [4.69, 9.17) is 9.47 Å². The molecule has 2 rings (SSSR count). The van der Waals surface area contributed by atoms with Crippen molar-refractivity contribution in [2.24, 2.45) is 0 Å². The van der Waals surface area contributed by atoms with Gasteiger partial charge in [0.25, 0.3) is 5.56 Å². The summed E-state index contributed by atoms with van der Waals surface area (Å²) in [4.78, 5) is 36.7. The second-order valence-corrected chi connectivity index (χ2v) is 6.41. The fourth-order valence-electron chi connectivity index (χ4n) is 2.84. The van der Waals surface area contributed by atoms with Crippen LogP contribution in [0.4, 0.5) is 0 Å². The highest BCUT2D eigenvalue weighted by atomic mass is 16.6. The highest BCUT2D eigenvalue weighted by Gasteiger charge is 2.44. The van der Waals surface area contributed by atoms with Crippen LogP contribution in [0.15, 0.2) is 21.9 Å². The summed E-state index contributed by atoms with van der Waals surface area (Å²) in [7, 11) is 0. The van der Waals surface area contributed by atoms with Gasteiger partial charge in [0.1, 0.15) is 24.9 Å². The lowest BCUT2D eigenvalue weighted by atomic mass is 10.1. The first-order valence-electron chi connectivity index (χ1n) is 8.92. The van der Waals surface area contributed by atoms with Crippen LogP contribution in [0.5, 0.6) is 0 Å². The zero-order valence-electron chi connectivity index (χ0n) is 14.8. The molecule has 0 aromatic carbocycles. The monoisotopic (exact) mass is 370 g/mol. The summed E-state index contributed by atoms with van der Waals surface area (Å²) in [6.07, 6.45) is 1.66. The van der Waals surface area contributed by atoms with E-state index in [9.17, 15) is 24.6 Å². The Labute approximate surface area is 150 Å². The Morgan fingerprint density at radius 3 is 2.65 bits per heavy atom. The smallest absolute Gasteiger partial charge is 0.330 e. The zero-order valence-corrected chi connectivity index (χ0v) is 14.8. The number of aromatic nitrogens is 2. The van der Waals surface area contributed by atoms with Crippen LogP contribution in [0.1, 0.15) is 51.7 Å². The van der Waals surface area contributed by atoms with Crippen molar-refractivity contribution < 1.29 is 24.5 Å². The number of aliphatic hydroxyl groups excluding tert-OH is 2. The quantitative estimate of drug-likeness (QED) is 0.414. The molecule has 1 fully saturated rings. The summed E-state index contributed by atoms with van der Waals surface area (Å²) >= 11 is 0. The number of hydrogen-bond acceptors (Lipinski definition) is 7. The van der Waals surface area contributed by atoms with Gasteiger partial charge in [0.05, 0.1) is 0 Å². The lowest BCUT2D eigenvalue weighted by molar-refractivity contribution is -0.150. The van der Waals surface area contributed by atoms with Gasteiger partial charge in [0.2, 0.25) is 0 Å². The molecule has 1 saturated heterocycles. The van der Waals surface area contributed by atoms with Crippen LogP contribution in [0.2, 0.25) is 0 Å². The summed E-state index contributed by atoms with van der Waals surface area (Å²) in [5, 5.41) is 20.2. The van der Waals surface area contributed by atoms with E-state index in [1.165, 1.54) is 6.20 Å². The van der Waals surface area contributed by atoms with Crippen molar-refractivity contribution in [1.82, 2.24) is 9.55 Å². The number of unbranched alkanes of at least 4 members (excludes halogenated alkanes) is 4. The summed E-state index contributed by atoms with van der Waals surface area (Å²) in [5.74, 6) is -0.392. The molecule has 0 aliphatic carbocycles. The maximum Gasteiger partial charge on any atom is 0.330 e. The zero-order chi connectivity index (χ0) is 19.1. The molecule has 0 amide bonds. The molecule has 2 heterocycles. The lowest BCUT2D eigenvalue weighted by Crippen LogP contribution is -2.37. The Balaban J connectivity index is 1.84. The molecular weight excluding hydrogens is 344 g/mol. The third kappa shape index (κ3) is 5.26. The Hall–Kier alpha value is -1.97. The van der Waals surface area contributed by atoms with E-state index >= 15 is 0 Å². The molecule has 3 N–H and O–H groups in total. The average molecular weight is 370 g/mol. The number of nitrogens with one attached hydrogen (secondary N) is 1. The van der Waals surface area contributed by atoms with Crippen LogP contribution in [-0.4, -0.2) is 50.7 Å². The van der Waals surface area contributed by atoms with E-state index in [2.05, 4.69) is 6.92 Å². The van der Waals surface area contributed by atoms with Gasteiger partial charge in [-0.1, -0.05) is 32.6 Å². The van der Waals surface area contributed by atoms with E-state index in [1.807, 2.05) is 4.98 Å². The third-order valence-electron chi connectivity index (χ3n) is 4.36. The highest BCUT2D eigenvalue weighted by Crippen LogP contribution is 2.28. The van der Waals surface area contributed by atoms with E-state index < -0.39 is 41.8 Å². The normalized spacial score (nSPS) is 25.3. The molecule has 26 heavy (non-hydrogen) atoms. The van der Waals surface area contributed by atoms with E-state index in [0.29, 0.717) is 0 Å². The molecule has 0 radical (unpaired) electrons.